The van der Waals surface area contributed by atoms with Gasteiger partial charge in [0.2, 0.25) is 0 Å². The van der Waals surface area contributed by atoms with Crippen molar-refractivity contribution in [2.75, 3.05) is 13.2 Å². The molecule has 0 aliphatic carbocycles. The fourth-order valence-corrected chi connectivity index (χ4v) is 3.41. The third-order valence-electron chi connectivity index (χ3n) is 4.30. The van der Waals surface area contributed by atoms with Crippen molar-refractivity contribution in [1.29, 1.82) is 0 Å². The second kappa shape index (κ2) is 5.16. The van der Waals surface area contributed by atoms with Gasteiger partial charge in [0.15, 0.2) is 0 Å². The zero-order valence-electron chi connectivity index (χ0n) is 11.0. The van der Waals surface area contributed by atoms with E-state index in [0.717, 1.165) is 23.9 Å². The molecule has 0 saturated carbocycles. The Labute approximate surface area is 114 Å². The van der Waals surface area contributed by atoms with Gasteiger partial charge in [-0.3, -0.25) is 4.48 Å². The number of quaternary nitrogens is 1. The van der Waals surface area contributed by atoms with E-state index in [-0.39, 0.29) is 12.6 Å². The molecule has 1 atom stereocenters. The average molecular weight is 253 g/mol. The molecular formula is C17H19NO. The van der Waals surface area contributed by atoms with Crippen LogP contribution < -0.4 is 9.59 Å². The minimum Gasteiger partial charge on any atom is -0.850 e. The smallest absolute Gasteiger partial charge is 0.138 e. The summed E-state index contributed by atoms with van der Waals surface area (Å²) >= 11 is 0. The van der Waals surface area contributed by atoms with Crippen molar-refractivity contribution >= 4 is 11.4 Å². The van der Waals surface area contributed by atoms with Gasteiger partial charge in [-0.2, -0.15) is 0 Å². The molecule has 0 N–H and O–H groups in total. The Morgan fingerprint density at radius 3 is 1.89 bits per heavy atom. The lowest BCUT2D eigenvalue weighted by atomic mass is 10.1. The Morgan fingerprint density at radius 2 is 1.42 bits per heavy atom. The second-order valence-corrected chi connectivity index (χ2v) is 5.23. The van der Waals surface area contributed by atoms with Crippen molar-refractivity contribution in [3.63, 3.8) is 0 Å². The zero-order chi connectivity index (χ0) is 13.1. The maximum atomic E-state index is 11.7. The van der Waals surface area contributed by atoms with Crippen LogP contribution in [0.15, 0.2) is 60.7 Å². The van der Waals surface area contributed by atoms with Crippen LogP contribution in [0.4, 0.5) is 11.4 Å². The van der Waals surface area contributed by atoms with Gasteiger partial charge >= 0.3 is 0 Å². The normalized spacial score (nSPS) is 21.4. The van der Waals surface area contributed by atoms with Gasteiger partial charge in [-0.1, -0.05) is 43.0 Å². The van der Waals surface area contributed by atoms with Gasteiger partial charge in [-0.05, 0) is 24.3 Å². The molecule has 1 fully saturated rings. The molecule has 0 amide bonds. The topological polar surface area (TPSA) is 23.1 Å². The quantitative estimate of drug-likeness (QED) is 0.771. The summed E-state index contributed by atoms with van der Waals surface area (Å²) in [6, 6.07) is 21.1. The lowest BCUT2D eigenvalue weighted by molar-refractivity contribution is -0.375. The first-order chi connectivity index (χ1) is 9.38. The summed E-state index contributed by atoms with van der Waals surface area (Å²) in [6.07, 6.45) is 2.14. The standard InChI is InChI=1S/C17H19NO/c19-14-17-12-7-13-18(17,15-8-3-1-4-9-15)16-10-5-2-6-11-16/h1-6,8-11,17H,7,12-14H2/t17-/m0/s1. The molecule has 2 heteroatoms. The summed E-state index contributed by atoms with van der Waals surface area (Å²) in [5.74, 6) is 0. The van der Waals surface area contributed by atoms with Gasteiger partial charge in [-0.15, -0.1) is 0 Å². The molecule has 0 aromatic heterocycles. The highest BCUT2D eigenvalue weighted by molar-refractivity contribution is 5.60. The summed E-state index contributed by atoms with van der Waals surface area (Å²) in [4.78, 5) is 0. The number of hydrogen-bond acceptors (Lipinski definition) is 1. The van der Waals surface area contributed by atoms with Gasteiger partial charge in [0, 0.05) is 12.8 Å². The molecule has 0 radical (unpaired) electrons. The molecule has 2 aromatic carbocycles. The molecule has 19 heavy (non-hydrogen) atoms. The van der Waals surface area contributed by atoms with E-state index in [9.17, 15) is 5.11 Å². The summed E-state index contributed by atoms with van der Waals surface area (Å²) in [5, 5.41) is 11.7. The highest BCUT2D eigenvalue weighted by Gasteiger charge is 2.43. The molecule has 98 valence electrons. The molecular weight excluding hydrogens is 234 g/mol. The molecule has 1 aliphatic rings. The Balaban J connectivity index is 2.17. The number of para-hydroxylation sites is 2. The van der Waals surface area contributed by atoms with Gasteiger partial charge in [0.25, 0.3) is 0 Å². The Kier molecular flexibility index (Phi) is 3.36. The van der Waals surface area contributed by atoms with E-state index in [1.54, 1.807) is 0 Å². The monoisotopic (exact) mass is 253 g/mol. The molecule has 1 aliphatic heterocycles. The maximum Gasteiger partial charge on any atom is 0.138 e. The van der Waals surface area contributed by atoms with Crippen LogP contribution in [0.2, 0.25) is 0 Å². The molecule has 1 heterocycles. The Hall–Kier alpha value is -1.64. The van der Waals surface area contributed by atoms with Crippen LogP contribution in [0.1, 0.15) is 12.8 Å². The van der Waals surface area contributed by atoms with Crippen molar-refractivity contribution in [2.45, 2.75) is 18.9 Å². The molecule has 0 unspecified atom stereocenters. The third kappa shape index (κ3) is 1.97. The van der Waals surface area contributed by atoms with Crippen LogP contribution in [-0.2, 0) is 0 Å². The highest BCUT2D eigenvalue weighted by Crippen LogP contribution is 2.42. The predicted octanol–water partition coefficient (Wildman–Crippen LogP) is 2.85. The summed E-state index contributed by atoms with van der Waals surface area (Å²) < 4.78 is 0.727. The largest absolute Gasteiger partial charge is 0.850 e. The minimum atomic E-state index is -0.0101. The number of benzene rings is 2. The van der Waals surface area contributed by atoms with E-state index in [1.807, 2.05) is 12.1 Å². The zero-order valence-corrected chi connectivity index (χ0v) is 11.0. The van der Waals surface area contributed by atoms with Crippen molar-refractivity contribution in [2.24, 2.45) is 0 Å². The van der Waals surface area contributed by atoms with E-state index >= 15 is 0 Å². The average Bonchev–Trinajstić information content (AvgIpc) is 2.94. The fraction of sp³-hybridized carbons (Fsp3) is 0.294. The van der Waals surface area contributed by atoms with Gasteiger partial charge in [0.1, 0.15) is 11.4 Å². The van der Waals surface area contributed by atoms with Crippen LogP contribution in [-0.4, -0.2) is 19.2 Å². The van der Waals surface area contributed by atoms with Gasteiger partial charge in [-0.25, -0.2) is 0 Å². The van der Waals surface area contributed by atoms with E-state index < -0.39 is 0 Å². The number of rotatable bonds is 3. The summed E-state index contributed by atoms with van der Waals surface area (Å²) in [6.45, 7) is 1.02. The summed E-state index contributed by atoms with van der Waals surface area (Å²) in [7, 11) is 0. The van der Waals surface area contributed by atoms with Crippen molar-refractivity contribution in [1.82, 2.24) is 4.48 Å². The first-order valence-corrected chi connectivity index (χ1v) is 6.95. The second-order valence-electron chi connectivity index (χ2n) is 5.23. The van der Waals surface area contributed by atoms with E-state index in [1.165, 1.54) is 11.4 Å². The SMILES string of the molecule is [O-]C[C@@H]1CCC[N+]1(c1ccccc1)c1ccccc1. The molecule has 0 spiro atoms. The predicted molar refractivity (Wildman–Crippen MR) is 77.1 cm³/mol. The molecule has 2 nitrogen and oxygen atoms in total. The Bertz CT molecular complexity index is 484. The van der Waals surface area contributed by atoms with E-state index in [0.29, 0.717) is 0 Å². The maximum absolute atomic E-state index is 11.7. The molecule has 3 rings (SSSR count). The van der Waals surface area contributed by atoms with Crippen molar-refractivity contribution < 1.29 is 5.11 Å². The van der Waals surface area contributed by atoms with E-state index in [2.05, 4.69) is 48.5 Å². The molecule has 0 bridgehead atoms. The van der Waals surface area contributed by atoms with Crippen molar-refractivity contribution in [3.8, 4) is 0 Å². The Morgan fingerprint density at radius 1 is 0.895 bits per heavy atom. The lowest BCUT2D eigenvalue weighted by Crippen LogP contribution is -2.52. The summed E-state index contributed by atoms with van der Waals surface area (Å²) in [5.41, 5.74) is 2.49. The number of hydrogen-bond donors (Lipinski definition) is 0. The minimum absolute atomic E-state index is 0.0101. The molecule has 1 saturated heterocycles. The first-order valence-electron chi connectivity index (χ1n) is 6.95. The first kappa shape index (κ1) is 12.4. The third-order valence-corrected chi connectivity index (χ3v) is 4.30. The number of nitrogens with zero attached hydrogens (tertiary/aromatic N) is 1. The van der Waals surface area contributed by atoms with Crippen LogP contribution in [0, 0.1) is 0 Å². The van der Waals surface area contributed by atoms with Gasteiger partial charge < -0.3 is 5.11 Å². The van der Waals surface area contributed by atoms with E-state index in [4.69, 9.17) is 0 Å². The van der Waals surface area contributed by atoms with Crippen LogP contribution in [0.3, 0.4) is 0 Å². The molecule has 2 aromatic rings. The fourth-order valence-electron chi connectivity index (χ4n) is 3.41. The van der Waals surface area contributed by atoms with Crippen LogP contribution in [0.5, 0.6) is 0 Å². The van der Waals surface area contributed by atoms with Crippen molar-refractivity contribution in [3.05, 3.63) is 60.7 Å². The van der Waals surface area contributed by atoms with Crippen LogP contribution in [0.25, 0.3) is 0 Å². The highest BCUT2D eigenvalue weighted by atomic mass is 16.3. The van der Waals surface area contributed by atoms with Crippen LogP contribution >= 0.6 is 0 Å². The van der Waals surface area contributed by atoms with Gasteiger partial charge in [0.05, 0.1) is 12.6 Å². The lowest BCUT2D eigenvalue weighted by Gasteiger charge is -2.40.